The second-order valence-electron chi connectivity index (χ2n) is 8.66. The number of nitrogens with one attached hydrogen (secondary N) is 1. The molecule has 3 atom stereocenters. The van der Waals surface area contributed by atoms with Crippen molar-refractivity contribution in [3.63, 3.8) is 0 Å². The second-order valence-corrected chi connectivity index (χ2v) is 11.4. The Morgan fingerprint density at radius 3 is 2.83 bits per heavy atom. The number of anilines is 2. The number of nitrogens with zero attached hydrogens (tertiary/aromatic N) is 2. The zero-order chi connectivity index (χ0) is 22.0. The first-order valence-electron chi connectivity index (χ1n) is 9.58. The van der Waals surface area contributed by atoms with Crippen molar-refractivity contribution in [3.8, 4) is 0 Å². The first kappa shape index (κ1) is 22.2. The second kappa shape index (κ2) is 7.84. The number of pyridine rings is 1. The van der Waals surface area contributed by atoms with E-state index in [9.17, 15) is 9.18 Å². The van der Waals surface area contributed by atoms with Crippen molar-refractivity contribution in [3.05, 3.63) is 19.9 Å². The molecule has 0 spiro atoms. The normalized spacial score (nSPS) is 22.9. The molecule has 1 aliphatic carbocycles. The Morgan fingerprint density at radius 1 is 1.50 bits per heavy atom. The quantitative estimate of drug-likeness (QED) is 0.273. The lowest BCUT2D eigenvalue weighted by atomic mass is 9.79. The van der Waals surface area contributed by atoms with Gasteiger partial charge in [-0.3, -0.25) is 0 Å². The van der Waals surface area contributed by atoms with Crippen LogP contribution in [-0.2, 0) is 4.74 Å². The molecule has 3 heterocycles. The largest absolute Gasteiger partial charge is 0.444 e. The van der Waals surface area contributed by atoms with Crippen LogP contribution in [0.5, 0.6) is 0 Å². The van der Waals surface area contributed by atoms with Gasteiger partial charge in [0.1, 0.15) is 16.1 Å². The average molecular weight is 609 g/mol. The third kappa shape index (κ3) is 3.72. The van der Waals surface area contributed by atoms with Crippen LogP contribution < -0.4 is 11.1 Å². The number of nitrogens with two attached hydrogens (primary N) is 1. The van der Waals surface area contributed by atoms with Crippen LogP contribution in [0.1, 0.15) is 27.2 Å². The monoisotopic (exact) mass is 608 g/mol. The van der Waals surface area contributed by atoms with E-state index in [1.807, 2.05) is 33.1 Å². The Morgan fingerprint density at radius 2 is 2.20 bits per heavy atom. The number of halogens is 3. The van der Waals surface area contributed by atoms with E-state index in [2.05, 4.69) is 48.8 Å². The van der Waals surface area contributed by atoms with Crippen LogP contribution >= 0.6 is 50.3 Å². The molecule has 0 radical (unpaired) electrons. The smallest absolute Gasteiger partial charge is 0.410 e. The van der Waals surface area contributed by atoms with E-state index < -0.39 is 11.4 Å². The number of hydrogen-bond donors (Lipinski definition) is 2. The summed E-state index contributed by atoms with van der Waals surface area (Å²) in [6, 6.07) is 1.96. The van der Waals surface area contributed by atoms with E-state index in [-0.39, 0.29) is 23.7 Å². The number of carbonyl (C=O) groups excluding carboxylic acids is 1. The summed E-state index contributed by atoms with van der Waals surface area (Å²) < 4.78 is 21.6. The molecule has 10 heteroatoms. The van der Waals surface area contributed by atoms with E-state index in [0.717, 1.165) is 9.99 Å². The SMILES string of the molecule is CSc1nc2c(F)c(Br)c(I)cc2c(N[C@H]2C3CC2N(C(=O)OC(C)(C)C)C3)c1N. The molecule has 2 aromatic rings. The number of ether oxygens (including phenoxy) is 1. The number of nitrogen functional groups attached to an aromatic ring is 1. The van der Waals surface area contributed by atoms with Crippen molar-refractivity contribution in [1.29, 1.82) is 0 Å². The molecule has 162 valence electrons. The summed E-state index contributed by atoms with van der Waals surface area (Å²) in [5, 5.41) is 4.76. The number of thioether (sulfide) groups is 1. The van der Waals surface area contributed by atoms with Crippen LogP contribution in [-0.4, -0.2) is 46.5 Å². The fraction of sp³-hybridized carbons (Fsp3) is 0.500. The fourth-order valence-corrected chi connectivity index (χ4v) is 5.50. The molecule has 1 amide bonds. The molecule has 5 rings (SSSR count). The molecule has 1 saturated carbocycles. The number of rotatable bonds is 3. The van der Waals surface area contributed by atoms with Gasteiger partial charge in [0.2, 0.25) is 0 Å². The van der Waals surface area contributed by atoms with Gasteiger partial charge in [-0.2, -0.15) is 0 Å². The van der Waals surface area contributed by atoms with Crippen molar-refractivity contribution in [2.24, 2.45) is 5.92 Å². The van der Waals surface area contributed by atoms with Gasteiger partial charge in [-0.1, -0.05) is 0 Å². The number of aromatic nitrogens is 1. The number of hydrogen-bond acceptors (Lipinski definition) is 6. The van der Waals surface area contributed by atoms with Crippen molar-refractivity contribution in [2.75, 3.05) is 23.9 Å². The minimum atomic E-state index is -0.534. The van der Waals surface area contributed by atoms with Crippen LogP contribution in [0.2, 0.25) is 0 Å². The highest BCUT2D eigenvalue weighted by Gasteiger charge is 2.55. The highest BCUT2D eigenvalue weighted by Crippen LogP contribution is 2.46. The lowest BCUT2D eigenvalue weighted by Gasteiger charge is -2.38. The maximum absolute atomic E-state index is 15.0. The number of benzene rings is 1. The van der Waals surface area contributed by atoms with Crippen LogP contribution in [0.25, 0.3) is 10.9 Å². The van der Waals surface area contributed by atoms with Gasteiger partial charge >= 0.3 is 6.09 Å². The molecule has 1 aromatic carbocycles. The standard InChI is InChI=1S/C20H23BrFIN4O2S/c1-20(2,3)29-19(28)27-7-8-5-11(27)15(8)25-17-9-6-10(23)12(21)13(22)16(9)26-18(30-4)14(17)24/h6,8,11,15H,5,7,24H2,1-4H3,(H,25,26)/t8?,11?,15-/m0/s1. The molecule has 3 aliphatic rings. The summed E-state index contributed by atoms with van der Waals surface area (Å²) in [6.07, 6.45) is 2.50. The molecule has 6 nitrogen and oxygen atoms in total. The lowest BCUT2D eigenvalue weighted by molar-refractivity contribution is 0.0239. The Bertz CT molecular complexity index is 1050. The summed E-state index contributed by atoms with van der Waals surface area (Å²) in [4.78, 5) is 18.8. The molecule has 3 N–H and O–H groups in total. The maximum Gasteiger partial charge on any atom is 0.410 e. The molecule has 2 unspecified atom stereocenters. The average Bonchev–Trinajstić information content (AvgIpc) is 3.24. The van der Waals surface area contributed by atoms with E-state index in [0.29, 0.717) is 38.7 Å². The Kier molecular flexibility index (Phi) is 5.80. The summed E-state index contributed by atoms with van der Waals surface area (Å²) in [5.41, 5.74) is 7.35. The van der Waals surface area contributed by atoms with Crippen LogP contribution in [0.15, 0.2) is 15.6 Å². The van der Waals surface area contributed by atoms with Crippen molar-refractivity contribution in [1.82, 2.24) is 9.88 Å². The van der Waals surface area contributed by atoms with Gasteiger partial charge in [0, 0.05) is 21.4 Å². The third-order valence-corrected chi connectivity index (χ3v) is 8.61. The van der Waals surface area contributed by atoms with Gasteiger partial charge in [-0.25, -0.2) is 14.2 Å². The van der Waals surface area contributed by atoms with Gasteiger partial charge < -0.3 is 20.7 Å². The number of carbonyl (C=O) groups is 1. The van der Waals surface area contributed by atoms with Crippen LogP contribution in [0.4, 0.5) is 20.6 Å². The predicted octanol–water partition coefficient (Wildman–Crippen LogP) is 5.46. The summed E-state index contributed by atoms with van der Waals surface area (Å²) in [6.45, 7) is 6.24. The molecule has 2 bridgehead atoms. The highest BCUT2D eigenvalue weighted by atomic mass is 127. The van der Waals surface area contributed by atoms with Crippen LogP contribution in [0.3, 0.4) is 0 Å². The minimum absolute atomic E-state index is 0.0320. The summed E-state index contributed by atoms with van der Waals surface area (Å²) in [5.74, 6) is -0.0931. The van der Waals surface area contributed by atoms with Gasteiger partial charge in [0.25, 0.3) is 0 Å². The molecule has 2 aliphatic heterocycles. The van der Waals surface area contributed by atoms with Gasteiger partial charge in [0.15, 0.2) is 5.82 Å². The lowest BCUT2D eigenvalue weighted by Crippen LogP contribution is -2.50. The molecule has 3 fully saturated rings. The Hall–Kier alpha value is -1.01. The Balaban J connectivity index is 1.68. The van der Waals surface area contributed by atoms with Crippen molar-refractivity contribution >= 4 is 78.7 Å². The van der Waals surface area contributed by atoms with Gasteiger partial charge in [-0.15, -0.1) is 11.8 Å². The summed E-state index contributed by atoms with van der Waals surface area (Å²) in [7, 11) is 0. The van der Waals surface area contributed by atoms with Gasteiger partial charge in [0.05, 0.1) is 27.9 Å². The topological polar surface area (TPSA) is 80.5 Å². The zero-order valence-electron chi connectivity index (χ0n) is 17.1. The first-order valence-corrected chi connectivity index (χ1v) is 12.7. The van der Waals surface area contributed by atoms with E-state index >= 15 is 0 Å². The molecule has 1 aromatic heterocycles. The fourth-order valence-electron chi connectivity index (χ4n) is 4.14. The minimum Gasteiger partial charge on any atom is -0.444 e. The molecular formula is C20H23BrFIN4O2S. The summed E-state index contributed by atoms with van der Waals surface area (Å²) >= 11 is 6.77. The van der Waals surface area contributed by atoms with E-state index in [1.54, 1.807) is 4.90 Å². The number of amides is 1. The highest BCUT2D eigenvalue weighted by molar-refractivity contribution is 14.1. The molecular weight excluding hydrogens is 586 g/mol. The number of fused-ring (bicyclic) bond motifs is 2. The van der Waals surface area contributed by atoms with Crippen molar-refractivity contribution < 1.29 is 13.9 Å². The first-order chi connectivity index (χ1) is 14.0. The maximum atomic E-state index is 15.0. The van der Waals surface area contributed by atoms with Crippen molar-refractivity contribution in [2.45, 2.75) is 49.9 Å². The van der Waals surface area contributed by atoms with Gasteiger partial charge in [-0.05, 0) is 78.0 Å². The van der Waals surface area contributed by atoms with Crippen LogP contribution in [0, 0.1) is 15.3 Å². The predicted molar refractivity (Wildman–Crippen MR) is 131 cm³/mol. The third-order valence-electron chi connectivity index (χ3n) is 5.55. The molecule has 2 saturated heterocycles. The van der Waals surface area contributed by atoms with E-state index in [4.69, 9.17) is 10.5 Å². The van der Waals surface area contributed by atoms with E-state index in [1.165, 1.54) is 11.8 Å². The zero-order valence-corrected chi connectivity index (χ0v) is 21.6. The Labute approximate surface area is 201 Å². The molecule has 30 heavy (non-hydrogen) atoms.